The van der Waals surface area contributed by atoms with Crippen LogP contribution in [0.4, 0.5) is 0 Å². The lowest BCUT2D eigenvalue weighted by Crippen LogP contribution is -2.27. The van der Waals surface area contributed by atoms with Crippen LogP contribution in [0.5, 0.6) is 0 Å². The van der Waals surface area contributed by atoms with Gasteiger partial charge in [0.2, 0.25) is 0 Å². The van der Waals surface area contributed by atoms with Crippen LogP contribution in [0.1, 0.15) is 58.3 Å². The molecule has 2 N–H and O–H groups in total. The Kier molecular flexibility index (Phi) is 5.88. The number of nitrogens with one attached hydrogen (secondary N) is 2. The van der Waals surface area contributed by atoms with Gasteiger partial charge in [-0.1, -0.05) is 48.9 Å². The van der Waals surface area contributed by atoms with E-state index in [0.29, 0.717) is 24.2 Å². The Morgan fingerprint density at radius 3 is 2.43 bits per heavy atom. The molecule has 154 valence electrons. The second-order valence-corrected chi connectivity index (χ2v) is 7.51. The third kappa shape index (κ3) is 4.56. The van der Waals surface area contributed by atoms with Gasteiger partial charge in [-0.2, -0.15) is 0 Å². The maximum Gasteiger partial charge on any atom is 0.273 e. The van der Waals surface area contributed by atoms with Crippen LogP contribution < -0.4 is 10.6 Å². The van der Waals surface area contributed by atoms with E-state index in [4.69, 9.17) is 0 Å². The van der Waals surface area contributed by atoms with Gasteiger partial charge in [0.1, 0.15) is 0 Å². The van der Waals surface area contributed by atoms with E-state index in [1.807, 2.05) is 42.5 Å². The van der Waals surface area contributed by atoms with Crippen molar-refractivity contribution in [1.29, 1.82) is 0 Å². The molecule has 1 saturated carbocycles. The van der Waals surface area contributed by atoms with Crippen molar-refractivity contribution in [2.45, 2.75) is 45.2 Å². The number of hydrogen-bond donors (Lipinski definition) is 2. The Morgan fingerprint density at radius 2 is 1.77 bits per heavy atom. The Balaban J connectivity index is 1.48. The molecule has 1 aromatic heterocycles. The molecular formula is C23H25N5O2. The molecule has 0 unspecified atom stereocenters. The Morgan fingerprint density at radius 1 is 1.03 bits per heavy atom. The van der Waals surface area contributed by atoms with Crippen molar-refractivity contribution >= 4 is 11.8 Å². The van der Waals surface area contributed by atoms with Crippen LogP contribution in [0.2, 0.25) is 0 Å². The zero-order chi connectivity index (χ0) is 20.9. The predicted molar refractivity (Wildman–Crippen MR) is 113 cm³/mol. The van der Waals surface area contributed by atoms with E-state index in [0.717, 1.165) is 36.2 Å². The van der Waals surface area contributed by atoms with Crippen molar-refractivity contribution in [3.05, 3.63) is 77.1 Å². The average molecular weight is 403 g/mol. The van der Waals surface area contributed by atoms with Crippen molar-refractivity contribution in [3.8, 4) is 5.69 Å². The maximum atomic E-state index is 12.5. The van der Waals surface area contributed by atoms with Crippen LogP contribution in [0.25, 0.3) is 5.69 Å². The molecule has 3 aromatic rings. The second kappa shape index (κ2) is 8.90. The minimum absolute atomic E-state index is 0.137. The van der Waals surface area contributed by atoms with Gasteiger partial charge < -0.3 is 10.6 Å². The first-order chi connectivity index (χ1) is 14.7. The summed E-state index contributed by atoms with van der Waals surface area (Å²) in [6.45, 7) is 2.53. The lowest BCUT2D eigenvalue weighted by molar-refractivity contribution is 0.0939. The second-order valence-electron chi connectivity index (χ2n) is 7.51. The summed E-state index contributed by atoms with van der Waals surface area (Å²) in [5, 5.41) is 14.2. The third-order valence-corrected chi connectivity index (χ3v) is 5.05. The summed E-state index contributed by atoms with van der Waals surface area (Å²) in [6, 6.07) is 17.2. The van der Waals surface area contributed by atoms with Crippen LogP contribution in [0.3, 0.4) is 0 Å². The summed E-state index contributed by atoms with van der Waals surface area (Å²) in [5.74, 6) is -0.300. The first kappa shape index (κ1) is 19.8. The zero-order valence-electron chi connectivity index (χ0n) is 17.0. The zero-order valence-corrected chi connectivity index (χ0v) is 17.0. The molecule has 0 aliphatic heterocycles. The quantitative estimate of drug-likeness (QED) is 0.605. The fourth-order valence-electron chi connectivity index (χ4n) is 3.26. The van der Waals surface area contributed by atoms with Gasteiger partial charge in [-0.3, -0.25) is 9.59 Å². The van der Waals surface area contributed by atoms with Crippen molar-refractivity contribution in [2.75, 3.05) is 0 Å². The monoisotopic (exact) mass is 403 g/mol. The number of nitrogens with zero attached hydrogens (tertiary/aromatic N) is 3. The van der Waals surface area contributed by atoms with Crippen LogP contribution in [-0.2, 0) is 13.0 Å². The van der Waals surface area contributed by atoms with Gasteiger partial charge in [0, 0.05) is 18.2 Å². The van der Waals surface area contributed by atoms with E-state index in [-0.39, 0.29) is 17.9 Å². The highest BCUT2D eigenvalue weighted by Gasteiger charge is 2.27. The Bertz CT molecular complexity index is 1020. The molecule has 7 heteroatoms. The summed E-state index contributed by atoms with van der Waals surface area (Å²) >= 11 is 0. The fourth-order valence-corrected chi connectivity index (χ4v) is 3.26. The van der Waals surface area contributed by atoms with E-state index in [1.165, 1.54) is 0 Å². The van der Waals surface area contributed by atoms with Gasteiger partial charge >= 0.3 is 0 Å². The first-order valence-corrected chi connectivity index (χ1v) is 10.3. The largest absolute Gasteiger partial charge is 0.348 e. The Hall–Kier alpha value is -3.48. The lowest BCUT2D eigenvalue weighted by atomic mass is 10.1. The van der Waals surface area contributed by atoms with Crippen LogP contribution >= 0.6 is 0 Å². The van der Waals surface area contributed by atoms with Crippen LogP contribution in [-0.4, -0.2) is 32.9 Å². The van der Waals surface area contributed by atoms with Crippen LogP contribution in [0.15, 0.2) is 54.6 Å². The maximum absolute atomic E-state index is 12.5. The van der Waals surface area contributed by atoms with Crippen molar-refractivity contribution in [3.63, 3.8) is 0 Å². The van der Waals surface area contributed by atoms with Crippen molar-refractivity contribution < 1.29 is 9.59 Å². The highest BCUT2D eigenvalue weighted by atomic mass is 16.2. The molecule has 2 aromatic carbocycles. The predicted octanol–water partition coefficient (Wildman–Crippen LogP) is 3.04. The van der Waals surface area contributed by atoms with E-state index in [1.54, 1.807) is 16.8 Å². The van der Waals surface area contributed by atoms with E-state index in [9.17, 15) is 9.59 Å². The van der Waals surface area contributed by atoms with Crippen molar-refractivity contribution in [1.82, 2.24) is 25.6 Å². The number of carbonyl (C=O) groups is 2. The summed E-state index contributed by atoms with van der Waals surface area (Å²) < 4.78 is 1.69. The molecule has 1 heterocycles. The summed E-state index contributed by atoms with van der Waals surface area (Å²) in [6.07, 6.45) is 3.62. The van der Waals surface area contributed by atoms with Gasteiger partial charge in [0.05, 0.1) is 11.4 Å². The molecule has 30 heavy (non-hydrogen) atoms. The number of rotatable bonds is 8. The average Bonchev–Trinajstić information content (AvgIpc) is 3.49. The molecule has 1 aliphatic carbocycles. The molecule has 0 atom stereocenters. The molecule has 7 nitrogen and oxygen atoms in total. The highest BCUT2D eigenvalue weighted by molar-refractivity contribution is 5.94. The van der Waals surface area contributed by atoms with Crippen LogP contribution in [0, 0.1) is 0 Å². The number of carbonyl (C=O) groups excluding carboxylic acids is 2. The number of benzene rings is 2. The molecule has 0 radical (unpaired) electrons. The summed E-state index contributed by atoms with van der Waals surface area (Å²) in [5.41, 5.74) is 3.56. The fraction of sp³-hybridized carbons (Fsp3) is 0.304. The highest BCUT2D eigenvalue weighted by Crippen LogP contribution is 2.21. The summed E-state index contributed by atoms with van der Waals surface area (Å²) in [7, 11) is 0. The minimum atomic E-state index is -0.163. The molecule has 0 spiro atoms. The Labute approximate surface area is 175 Å². The van der Waals surface area contributed by atoms with Crippen molar-refractivity contribution in [2.24, 2.45) is 0 Å². The first-order valence-electron chi connectivity index (χ1n) is 10.3. The molecule has 1 fully saturated rings. The normalized spacial score (nSPS) is 13.1. The molecule has 0 saturated heterocycles. The van der Waals surface area contributed by atoms with Gasteiger partial charge in [-0.05, 0) is 49.1 Å². The van der Waals surface area contributed by atoms with Gasteiger partial charge in [-0.15, -0.1) is 5.10 Å². The number of aromatic nitrogens is 3. The van der Waals surface area contributed by atoms with E-state index in [2.05, 4.69) is 27.9 Å². The minimum Gasteiger partial charge on any atom is -0.348 e. The molecular weight excluding hydrogens is 378 g/mol. The van der Waals surface area contributed by atoms with Gasteiger partial charge in [0.25, 0.3) is 11.8 Å². The van der Waals surface area contributed by atoms with E-state index < -0.39 is 0 Å². The molecule has 0 bridgehead atoms. The third-order valence-electron chi connectivity index (χ3n) is 5.05. The topological polar surface area (TPSA) is 88.9 Å². The smallest absolute Gasteiger partial charge is 0.273 e. The van der Waals surface area contributed by atoms with Gasteiger partial charge in [0.15, 0.2) is 5.69 Å². The SMILES string of the molecule is CCCc1c(C(=O)NC2CC2)nnn1-c1ccc(C(=O)NCc2ccccc2)cc1. The number of amides is 2. The van der Waals surface area contributed by atoms with Gasteiger partial charge in [-0.25, -0.2) is 4.68 Å². The summed E-state index contributed by atoms with van der Waals surface area (Å²) in [4.78, 5) is 24.9. The van der Waals surface area contributed by atoms with E-state index >= 15 is 0 Å². The molecule has 2 amide bonds. The lowest BCUT2D eigenvalue weighted by Gasteiger charge is -2.09. The molecule has 4 rings (SSSR count). The number of hydrogen-bond acceptors (Lipinski definition) is 4. The standard InChI is InChI=1S/C23H25N5O2/c1-2-6-20-21(23(30)25-18-11-12-18)26-27-28(20)19-13-9-17(10-14-19)22(29)24-15-16-7-4-3-5-8-16/h3-5,7-10,13-14,18H,2,6,11-12,15H2,1H3,(H,24,29)(H,25,30). The molecule has 1 aliphatic rings.